The van der Waals surface area contributed by atoms with Gasteiger partial charge in [0.2, 0.25) is 5.43 Å². The summed E-state index contributed by atoms with van der Waals surface area (Å²) < 4.78 is 2.42. The van der Waals surface area contributed by atoms with Crippen LogP contribution in [0.25, 0.3) is 5.69 Å². The van der Waals surface area contributed by atoms with Gasteiger partial charge in [-0.3, -0.25) is 9.59 Å². The SMILES string of the molecule is Cc1cccc(-n2ccc(=O)c(C(=O)Nc3ccc(Br)cc3)n2)c1. The second-order valence-corrected chi connectivity index (χ2v) is 6.19. The lowest BCUT2D eigenvalue weighted by molar-refractivity contribution is 0.101. The van der Waals surface area contributed by atoms with Crippen molar-refractivity contribution in [1.29, 1.82) is 0 Å². The van der Waals surface area contributed by atoms with E-state index in [-0.39, 0.29) is 5.69 Å². The number of aryl methyl sites for hydroxylation is 1. The van der Waals surface area contributed by atoms with Crippen LogP contribution >= 0.6 is 15.9 Å². The average molecular weight is 384 g/mol. The zero-order valence-corrected chi connectivity index (χ0v) is 14.4. The van der Waals surface area contributed by atoms with Crippen molar-refractivity contribution < 1.29 is 4.79 Å². The number of carbonyl (C=O) groups excluding carboxylic acids is 1. The highest BCUT2D eigenvalue weighted by molar-refractivity contribution is 9.10. The number of anilines is 1. The van der Waals surface area contributed by atoms with Gasteiger partial charge in [-0.05, 0) is 48.9 Å². The molecule has 120 valence electrons. The average Bonchev–Trinajstić information content (AvgIpc) is 2.57. The molecule has 0 aliphatic rings. The lowest BCUT2D eigenvalue weighted by Crippen LogP contribution is -2.25. The normalized spacial score (nSPS) is 10.4. The Hall–Kier alpha value is -2.73. The van der Waals surface area contributed by atoms with Gasteiger partial charge in [0, 0.05) is 22.4 Å². The molecule has 1 amide bonds. The lowest BCUT2D eigenvalue weighted by atomic mass is 10.2. The molecule has 0 aliphatic carbocycles. The molecule has 0 fully saturated rings. The topological polar surface area (TPSA) is 64.0 Å². The Labute approximate surface area is 147 Å². The van der Waals surface area contributed by atoms with Crippen molar-refractivity contribution in [3.8, 4) is 5.69 Å². The second-order valence-electron chi connectivity index (χ2n) is 5.27. The van der Waals surface area contributed by atoms with Crippen LogP contribution in [0, 0.1) is 6.92 Å². The van der Waals surface area contributed by atoms with Gasteiger partial charge in [0.1, 0.15) is 0 Å². The molecule has 0 atom stereocenters. The second kappa shape index (κ2) is 6.80. The van der Waals surface area contributed by atoms with E-state index in [1.54, 1.807) is 30.5 Å². The summed E-state index contributed by atoms with van der Waals surface area (Å²) in [7, 11) is 0. The van der Waals surface area contributed by atoms with Crippen LogP contribution in [0.4, 0.5) is 5.69 Å². The minimum absolute atomic E-state index is 0.151. The number of nitrogens with one attached hydrogen (secondary N) is 1. The first kappa shape index (κ1) is 16.1. The van der Waals surface area contributed by atoms with Crippen molar-refractivity contribution >= 4 is 27.5 Å². The summed E-state index contributed by atoms with van der Waals surface area (Å²) >= 11 is 3.33. The van der Waals surface area contributed by atoms with Crippen LogP contribution in [0.5, 0.6) is 0 Å². The van der Waals surface area contributed by atoms with Gasteiger partial charge in [-0.15, -0.1) is 0 Å². The van der Waals surface area contributed by atoms with Gasteiger partial charge < -0.3 is 5.32 Å². The number of nitrogens with zero attached hydrogens (tertiary/aromatic N) is 2. The largest absolute Gasteiger partial charge is 0.320 e. The third kappa shape index (κ3) is 3.60. The standard InChI is InChI=1S/C18H14BrN3O2/c1-12-3-2-4-15(11-12)22-10-9-16(23)17(21-22)18(24)20-14-7-5-13(19)6-8-14/h2-11H,1H3,(H,20,24). The van der Waals surface area contributed by atoms with Gasteiger partial charge in [-0.1, -0.05) is 28.1 Å². The molecule has 3 aromatic rings. The van der Waals surface area contributed by atoms with Gasteiger partial charge in [-0.2, -0.15) is 5.10 Å². The highest BCUT2D eigenvalue weighted by atomic mass is 79.9. The Morgan fingerprint density at radius 1 is 1.12 bits per heavy atom. The lowest BCUT2D eigenvalue weighted by Gasteiger charge is -2.08. The molecule has 0 aliphatic heterocycles. The molecule has 0 bridgehead atoms. The number of hydrogen-bond donors (Lipinski definition) is 1. The zero-order valence-electron chi connectivity index (χ0n) is 12.9. The van der Waals surface area contributed by atoms with Gasteiger partial charge in [-0.25, -0.2) is 4.68 Å². The fraction of sp³-hybridized carbons (Fsp3) is 0.0556. The van der Waals surface area contributed by atoms with Crippen LogP contribution in [0.1, 0.15) is 16.1 Å². The molecule has 1 heterocycles. The first-order valence-corrected chi connectivity index (χ1v) is 8.06. The summed E-state index contributed by atoms with van der Waals surface area (Å²) in [5.74, 6) is -0.538. The molecule has 0 saturated heterocycles. The summed E-state index contributed by atoms with van der Waals surface area (Å²) in [4.78, 5) is 24.4. The van der Waals surface area contributed by atoms with E-state index in [2.05, 4.69) is 26.3 Å². The number of halogens is 1. The monoisotopic (exact) mass is 383 g/mol. The van der Waals surface area contributed by atoms with E-state index in [1.165, 1.54) is 10.7 Å². The zero-order chi connectivity index (χ0) is 17.1. The molecule has 24 heavy (non-hydrogen) atoms. The van der Waals surface area contributed by atoms with E-state index in [1.807, 2.05) is 31.2 Å². The Balaban J connectivity index is 1.92. The van der Waals surface area contributed by atoms with E-state index >= 15 is 0 Å². The predicted molar refractivity (Wildman–Crippen MR) is 96.7 cm³/mol. The van der Waals surface area contributed by atoms with Gasteiger partial charge in [0.05, 0.1) is 5.69 Å². The van der Waals surface area contributed by atoms with Crippen LogP contribution < -0.4 is 10.7 Å². The number of hydrogen-bond acceptors (Lipinski definition) is 3. The molecule has 1 aromatic heterocycles. The Morgan fingerprint density at radius 3 is 2.58 bits per heavy atom. The van der Waals surface area contributed by atoms with E-state index in [9.17, 15) is 9.59 Å². The molecule has 1 N–H and O–H groups in total. The van der Waals surface area contributed by atoms with Crippen LogP contribution in [0.2, 0.25) is 0 Å². The molecule has 0 spiro atoms. The summed E-state index contributed by atoms with van der Waals surface area (Å²) in [6.07, 6.45) is 1.55. The van der Waals surface area contributed by atoms with Crippen molar-refractivity contribution in [3.63, 3.8) is 0 Å². The van der Waals surface area contributed by atoms with E-state index in [4.69, 9.17) is 0 Å². The third-order valence-electron chi connectivity index (χ3n) is 3.39. The quantitative estimate of drug-likeness (QED) is 0.751. The highest BCUT2D eigenvalue weighted by Gasteiger charge is 2.13. The van der Waals surface area contributed by atoms with Gasteiger partial charge in [0.15, 0.2) is 5.69 Å². The third-order valence-corrected chi connectivity index (χ3v) is 3.92. The molecule has 0 unspecified atom stereocenters. The summed E-state index contributed by atoms with van der Waals surface area (Å²) in [6, 6.07) is 16.1. The minimum Gasteiger partial charge on any atom is -0.320 e. The number of amides is 1. The number of carbonyl (C=O) groups is 1. The molecule has 5 nitrogen and oxygen atoms in total. The summed E-state index contributed by atoms with van der Waals surface area (Å²) in [5, 5.41) is 6.86. The Morgan fingerprint density at radius 2 is 1.88 bits per heavy atom. The first-order chi connectivity index (χ1) is 11.5. The van der Waals surface area contributed by atoms with Crippen LogP contribution in [-0.4, -0.2) is 15.7 Å². The smallest absolute Gasteiger partial charge is 0.280 e. The molecule has 0 saturated carbocycles. The minimum atomic E-state index is -0.538. The van der Waals surface area contributed by atoms with Crippen LogP contribution in [-0.2, 0) is 0 Å². The van der Waals surface area contributed by atoms with Gasteiger partial charge >= 0.3 is 0 Å². The molecule has 6 heteroatoms. The fourth-order valence-corrected chi connectivity index (χ4v) is 2.47. The Bertz CT molecular complexity index is 949. The number of benzene rings is 2. The van der Waals surface area contributed by atoms with Crippen molar-refractivity contribution in [2.45, 2.75) is 6.92 Å². The fourth-order valence-electron chi connectivity index (χ4n) is 2.20. The first-order valence-electron chi connectivity index (χ1n) is 7.27. The highest BCUT2D eigenvalue weighted by Crippen LogP contribution is 2.14. The van der Waals surface area contributed by atoms with Crippen LogP contribution in [0.3, 0.4) is 0 Å². The van der Waals surface area contributed by atoms with Crippen molar-refractivity contribution in [1.82, 2.24) is 9.78 Å². The van der Waals surface area contributed by atoms with Crippen LogP contribution in [0.15, 0.2) is 70.1 Å². The number of rotatable bonds is 3. The van der Waals surface area contributed by atoms with Crippen molar-refractivity contribution in [2.24, 2.45) is 0 Å². The van der Waals surface area contributed by atoms with Crippen molar-refractivity contribution in [2.75, 3.05) is 5.32 Å². The van der Waals surface area contributed by atoms with E-state index in [0.29, 0.717) is 5.69 Å². The maximum absolute atomic E-state index is 12.4. The number of aromatic nitrogens is 2. The van der Waals surface area contributed by atoms with E-state index in [0.717, 1.165) is 15.7 Å². The molecule has 2 aromatic carbocycles. The summed E-state index contributed by atoms with van der Waals surface area (Å²) in [6.45, 7) is 1.97. The van der Waals surface area contributed by atoms with E-state index < -0.39 is 11.3 Å². The van der Waals surface area contributed by atoms with Crippen molar-refractivity contribution in [3.05, 3.63) is 86.7 Å². The molecule has 0 radical (unpaired) electrons. The maximum Gasteiger partial charge on any atom is 0.280 e. The molecular weight excluding hydrogens is 370 g/mol. The predicted octanol–water partition coefficient (Wildman–Crippen LogP) is 3.56. The molecule has 3 rings (SSSR count). The molecular formula is C18H14BrN3O2. The van der Waals surface area contributed by atoms with Gasteiger partial charge in [0.25, 0.3) is 5.91 Å². The Kier molecular flexibility index (Phi) is 4.57. The maximum atomic E-state index is 12.4. The summed E-state index contributed by atoms with van der Waals surface area (Å²) in [5.41, 5.74) is 1.87.